The minimum Gasteiger partial charge on any atom is -0.419 e. The molecule has 0 saturated heterocycles. The van der Waals surface area contributed by atoms with Crippen LogP contribution in [0.3, 0.4) is 0 Å². The molecule has 28 heavy (non-hydrogen) atoms. The first-order valence-electron chi connectivity index (χ1n) is 9.28. The molecule has 1 N–H and O–H groups in total. The first-order chi connectivity index (χ1) is 13.2. The highest BCUT2D eigenvalue weighted by Crippen LogP contribution is 2.41. The number of aromatic nitrogens is 3. The van der Waals surface area contributed by atoms with Gasteiger partial charge in [0.2, 0.25) is 5.89 Å². The molecule has 1 aliphatic rings. The molecule has 0 radical (unpaired) electrons. The van der Waals surface area contributed by atoms with Gasteiger partial charge in [0.25, 0.3) is 15.9 Å². The molecule has 1 saturated carbocycles. The van der Waals surface area contributed by atoms with Gasteiger partial charge < -0.3 is 8.98 Å². The first kappa shape index (κ1) is 18.7. The van der Waals surface area contributed by atoms with Crippen LogP contribution in [-0.4, -0.2) is 23.2 Å². The van der Waals surface area contributed by atoms with Crippen molar-refractivity contribution >= 4 is 15.7 Å². The molecule has 0 amide bonds. The summed E-state index contributed by atoms with van der Waals surface area (Å²) in [6, 6.07) is 5.51. The molecule has 0 unspecified atom stereocenters. The number of nitrogens with one attached hydrogen (secondary N) is 1. The van der Waals surface area contributed by atoms with E-state index in [4.69, 9.17) is 4.42 Å². The van der Waals surface area contributed by atoms with Gasteiger partial charge in [-0.25, -0.2) is 8.42 Å². The van der Waals surface area contributed by atoms with Crippen molar-refractivity contribution in [1.82, 2.24) is 14.8 Å². The molecule has 8 heteroatoms. The molecule has 0 aliphatic heterocycles. The molecule has 2 aromatic heterocycles. The van der Waals surface area contributed by atoms with Crippen molar-refractivity contribution in [3.8, 4) is 11.6 Å². The summed E-state index contributed by atoms with van der Waals surface area (Å²) >= 11 is 0. The number of nitrogens with zero attached hydrogens (tertiary/aromatic N) is 3. The molecule has 0 bridgehead atoms. The molecule has 1 aliphatic carbocycles. The Kier molecular flexibility index (Phi) is 4.33. The fourth-order valence-corrected chi connectivity index (χ4v) is 5.05. The Hall–Kier alpha value is -2.61. The van der Waals surface area contributed by atoms with E-state index in [1.165, 1.54) is 0 Å². The van der Waals surface area contributed by atoms with Gasteiger partial charge in [-0.1, -0.05) is 6.07 Å². The van der Waals surface area contributed by atoms with Crippen molar-refractivity contribution in [3.63, 3.8) is 0 Å². The highest BCUT2D eigenvalue weighted by atomic mass is 32.2. The SMILES string of the molecule is Cc1ccc(NS(=O)(=O)c2c(C)c(-c3nnc(C4CC4)o3)n(C)c2C)cc1C. The molecule has 1 fully saturated rings. The van der Waals surface area contributed by atoms with Gasteiger partial charge in [0.15, 0.2) is 0 Å². The van der Waals surface area contributed by atoms with Crippen LogP contribution in [0, 0.1) is 27.7 Å². The number of anilines is 1. The number of hydrogen-bond acceptors (Lipinski definition) is 5. The number of hydrogen-bond donors (Lipinski definition) is 1. The van der Waals surface area contributed by atoms with Gasteiger partial charge in [0.05, 0.1) is 0 Å². The quantitative estimate of drug-likeness (QED) is 0.699. The van der Waals surface area contributed by atoms with Crippen molar-refractivity contribution in [2.75, 3.05) is 4.72 Å². The number of benzene rings is 1. The Morgan fingerprint density at radius 3 is 2.46 bits per heavy atom. The van der Waals surface area contributed by atoms with Crippen LogP contribution in [0.1, 0.15) is 47.0 Å². The van der Waals surface area contributed by atoms with E-state index in [0.717, 1.165) is 24.0 Å². The predicted octanol–water partition coefficient (Wildman–Crippen LogP) is 3.99. The highest BCUT2D eigenvalue weighted by Gasteiger charge is 2.32. The summed E-state index contributed by atoms with van der Waals surface area (Å²) < 4.78 is 36.7. The second-order valence-corrected chi connectivity index (χ2v) is 9.19. The molecule has 3 aromatic rings. The summed E-state index contributed by atoms with van der Waals surface area (Å²) in [4.78, 5) is 0.245. The molecule has 2 heterocycles. The van der Waals surface area contributed by atoms with Crippen LogP contribution in [0.2, 0.25) is 0 Å². The first-order valence-corrected chi connectivity index (χ1v) is 10.8. The van der Waals surface area contributed by atoms with E-state index in [2.05, 4.69) is 14.9 Å². The molecular weight excluding hydrogens is 376 g/mol. The molecule has 148 valence electrons. The van der Waals surface area contributed by atoms with Crippen LogP contribution >= 0.6 is 0 Å². The van der Waals surface area contributed by atoms with Crippen LogP contribution < -0.4 is 4.72 Å². The van der Waals surface area contributed by atoms with Crippen LogP contribution in [-0.2, 0) is 17.1 Å². The summed E-state index contributed by atoms with van der Waals surface area (Å²) in [7, 11) is -1.96. The third-order valence-corrected chi connectivity index (χ3v) is 7.10. The van der Waals surface area contributed by atoms with Crippen molar-refractivity contribution in [2.24, 2.45) is 7.05 Å². The van der Waals surface area contributed by atoms with E-state index >= 15 is 0 Å². The van der Waals surface area contributed by atoms with Gasteiger partial charge in [0.1, 0.15) is 10.6 Å². The summed E-state index contributed by atoms with van der Waals surface area (Å²) in [5, 5.41) is 8.29. The number of rotatable bonds is 5. The zero-order valence-corrected chi connectivity index (χ0v) is 17.5. The van der Waals surface area contributed by atoms with Crippen LogP contribution in [0.4, 0.5) is 5.69 Å². The molecule has 0 atom stereocenters. The lowest BCUT2D eigenvalue weighted by Gasteiger charge is -2.11. The third-order valence-electron chi connectivity index (χ3n) is 5.46. The van der Waals surface area contributed by atoms with Crippen LogP contribution in [0.15, 0.2) is 27.5 Å². The largest absolute Gasteiger partial charge is 0.419 e. The van der Waals surface area contributed by atoms with E-state index in [-0.39, 0.29) is 4.90 Å². The smallest absolute Gasteiger partial charge is 0.264 e. The fraction of sp³-hybridized carbons (Fsp3) is 0.400. The van der Waals surface area contributed by atoms with E-state index in [1.807, 2.05) is 33.0 Å². The average molecular weight is 401 g/mol. The summed E-state index contributed by atoms with van der Waals surface area (Å²) in [6.07, 6.45) is 2.12. The lowest BCUT2D eigenvalue weighted by atomic mass is 10.1. The van der Waals surface area contributed by atoms with Gasteiger partial charge in [-0.05, 0) is 63.8 Å². The Morgan fingerprint density at radius 2 is 1.82 bits per heavy atom. The summed E-state index contributed by atoms with van der Waals surface area (Å²) in [5.74, 6) is 1.33. The predicted molar refractivity (Wildman–Crippen MR) is 107 cm³/mol. The summed E-state index contributed by atoms with van der Waals surface area (Å²) in [6.45, 7) is 7.50. The van der Waals surface area contributed by atoms with Crippen molar-refractivity contribution in [1.29, 1.82) is 0 Å². The topological polar surface area (TPSA) is 90.0 Å². The Bertz CT molecular complexity index is 1170. The van der Waals surface area contributed by atoms with Crippen molar-refractivity contribution in [3.05, 3.63) is 46.5 Å². The number of sulfonamides is 1. The zero-order chi connectivity index (χ0) is 20.2. The maximum atomic E-state index is 13.2. The maximum Gasteiger partial charge on any atom is 0.264 e. The average Bonchev–Trinajstić information content (AvgIpc) is 3.31. The van der Waals surface area contributed by atoms with Crippen LogP contribution in [0.25, 0.3) is 11.6 Å². The molecule has 0 spiro atoms. The molecule has 4 rings (SSSR count). The minimum absolute atomic E-state index is 0.245. The van der Waals surface area contributed by atoms with E-state index in [1.54, 1.807) is 24.5 Å². The zero-order valence-electron chi connectivity index (χ0n) is 16.7. The molecule has 7 nitrogen and oxygen atoms in total. The molecule has 1 aromatic carbocycles. The second-order valence-electron chi connectivity index (χ2n) is 7.57. The second kappa shape index (κ2) is 6.48. The van der Waals surface area contributed by atoms with E-state index in [9.17, 15) is 8.42 Å². The van der Waals surface area contributed by atoms with Crippen molar-refractivity contribution < 1.29 is 12.8 Å². The normalized spacial score (nSPS) is 14.5. The molecular formula is C20H24N4O3S. The fourth-order valence-electron chi connectivity index (χ4n) is 3.49. The van der Waals surface area contributed by atoms with Gasteiger partial charge >= 0.3 is 0 Å². The van der Waals surface area contributed by atoms with E-state index in [0.29, 0.717) is 40.3 Å². The third kappa shape index (κ3) is 3.11. The standard InChI is InChI=1S/C20H24N4O3S/c1-11-6-9-16(10-12(11)2)23-28(25,26)18-13(3)17(24(5)14(18)4)20-22-21-19(27-20)15-7-8-15/h6,9-10,15,23H,7-8H2,1-5H3. The minimum atomic E-state index is -3.77. The monoisotopic (exact) mass is 400 g/mol. The maximum absolute atomic E-state index is 13.2. The van der Waals surface area contributed by atoms with Crippen molar-refractivity contribution in [2.45, 2.75) is 51.3 Å². The van der Waals surface area contributed by atoms with E-state index < -0.39 is 10.0 Å². The van der Waals surface area contributed by atoms with Gasteiger partial charge in [-0.2, -0.15) is 0 Å². The summed E-state index contributed by atoms with van der Waals surface area (Å²) in [5.41, 5.74) is 4.54. The lowest BCUT2D eigenvalue weighted by molar-refractivity contribution is 0.504. The number of aryl methyl sites for hydroxylation is 2. The van der Waals surface area contributed by atoms with Gasteiger partial charge in [-0.3, -0.25) is 4.72 Å². The highest BCUT2D eigenvalue weighted by molar-refractivity contribution is 7.92. The lowest BCUT2D eigenvalue weighted by Crippen LogP contribution is -2.15. The van der Waals surface area contributed by atoms with Gasteiger partial charge in [0, 0.05) is 29.9 Å². The Labute approximate surface area is 164 Å². The Morgan fingerprint density at radius 1 is 1.11 bits per heavy atom. The van der Waals surface area contributed by atoms with Gasteiger partial charge in [-0.15, -0.1) is 10.2 Å². The van der Waals surface area contributed by atoms with Crippen LogP contribution in [0.5, 0.6) is 0 Å². The Balaban J connectivity index is 1.75.